The van der Waals surface area contributed by atoms with Crippen LogP contribution in [0.2, 0.25) is 0 Å². The Kier molecular flexibility index (Phi) is 5.65. The van der Waals surface area contributed by atoms with Crippen molar-refractivity contribution in [2.45, 2.75) is 26.8 Å². The van der Waals surface area contributed by atoms with E-state index in [1.807, 2.05) is 29.5 Å². The van der Waals surface area contributed by atoms with Crippen molar-refractivity contribution in [3.63, 3.8) is 0 Å². The van der Waals surface area contributed by atoms with E-state index in [0.29, 0.717) is 11.7 Å². The molecule has 0 aromatic carbocycles. The molecule has 1 saturated heterocycles. The van der Waals surface area contributed by atoms with Crippen molar-refractivity contribution in [3.8, 4) is 0 Å². The molecule has 25 heavy (non-hydrogen) atoms. The number of carbonyl (C=O) groups is 1. The van der Waals surface area contributed by atoms with E-state index in [4.69, 9.17) is 0 Å². The van der Waals surface area contributed by atoms with E-state index < -0.39 is 0 Å². The van der Waals surface area contributed by atoms with Crippen LogP contribution in [0, 0.1) is 19.8 Å². The van der Waals surface area contributed by atoms with Crippen LogP contribution in [0.5, 0.6) is 0 Å². The van der Waals surface area contributed by atoms with Gasteiger partial charge in [-0.3, -0.25) is 5.32 Å². The van der Waals surface area contributed by atoms with Gasteiger partial charge in [0.15, 0.2) is 0 Å². The van der Waals surface area contributed by atoms with Crippen LogP contribution in [0.3, 0.4) is 0 Å². The number of pyridine rings is 1. The van der Waals surface area contributed by atoms with Crippen molar-refractivity contribution < 1.29 is 4.79 Å². The molecule has 6 nitrogen and oxygen atoms in total. The molecule has 0 spiro atoms. The molecule has 7 heteroatoms. The summed E-state index contributed by atoms with van der Waals surface area (Å²) in [6, 6.07) is 3.73. The van der Waals surface area contributed by atoms with E-state index in [1.54, 1.807) is 17.5 Å². The number of amides is 2. The Morgan fingerprint density at radius 2 is 2.24 bits per heavy atom. The van der Waals surface area contributed by atoms with Gasteiger partial charge in [-0.25, -0.2) is 14.8 Å². The lowest BCUT2D eigenvalue weighted by Gasteiger charge is -2.21. The van der Waals surface area contributed by atoms with Crippen LogP contribution in [-0.2, 0) is 6.54 Å². The maximum absolute atomic E-state index is 12.4. The Morgan fingerprint density at radius 3 is 2.92 bits per heavy atom. The molecule has 3 heterocycles. The van der Waals surface area contributed by atoms with Gasteiger partial charge in [-0.1, -0.05) is 6.07 Å². The zero-order valence-electron chi connectivity index (χ0n) is 15.0. The molecule has 0 aliphatic carbocycles. The average molecular weight is 359 g/mol. The summed E-state index contributed by atoms with van der Waals surface area (Å²) in [5, 5.41) is 2.88. The predicted molar refractivity (Wildman–Crippen MR) is 101 cm³/mol. The molecule has 2 aromatic rings. The molecule has 0 unspecified atom stereocenters. The SMILES string of the molecule is Cc1ccc(NC(=O)N2CC[C@H](CN(C)Cc3scnc3C)C2)nc1. The fraction of sp³-hybridized carbons (Fsp3) is 0.500. The van der Waals surface area contributed by atoms with E-state index in [-0.39, 0.29) is 6.03 Å². The first kappa shape index (κ1) is 17.8. The van der Waals surface area contributed by atoms with Crippen molar-refractivity contribution in [3.05, 3.63) is 40.0 Å². The van der Waals surface area contributed by atoms with Gasteiger partial charge in [0.25, 0.3) is 0 Å². The Morgan fingerprint density at radius 1 is 1.40 bits per heavy atom. The van der Waals surface area contributed by atoms with Crippen LogP contribution in [0.15, 0.2) is 23.8 Å². The zero-order chi connectivity index (χ0) is 17.8. The smallest absolute Gasteiger partial charge is 0.323 e. The van der Waals surface area contributed by atoms with Crippen molar-refractivity contribution in [1.82, 2.24) is 19.8 Å². The van der Waals surface area contributed by atoms with Gasteiger partial charge < -0.3 is 9.80 Å². The van der Waals surface area contributed by atoms with Gasteiger partial charge >= 0.3 is 6.03 Å². The Bertz CT molecular complexity index is 715. The van der Waals surface area contributed by atoms with Gasteiger partial charge in [0.05, 0.1) is 11.2 Å². The normalized spacial score (nSPS) is 17.3. The molecule has 1 atom stereocenters. The molecular formula is C18H25N5OS. The van der Waals surface area contributed by atoms with E-state index >= 15 is 0 Å². The average Bonchev–Trinajstić information content (AvgIpc) is 3.19. The standard InChI is InChI=1S/C18H25N5OS/c1-13-4-5-17(19-8-13)21-18(24)23-7-6-15(10-23)9-22(3)11-16-14(2)20-12-25-16/h4-5,8,12,15H,6-7,9-11H2,1-3H3,(H,19,21,24)/t15-/m1/s1. The van der Waals surface area contributed by atoms with Crippen LogP contribution in [0.1, 0.15) is 22.6 Å². The van der Waals surface area contributed by atoms with E-state index in [0.717, 1.165) is 43.9 Å². The van der Waals surface area contributed by atoms with Gasteiger partial charge in [0.1, 0.15) is 5.82 Å². The van der Waals surface area contributed by atoms with Crippen molar-refractivity contribution in [2.75, 3.05) is 32.0 Å². The monoisotopic (exact) mass is 359 g/mol. The van der Waals surface area contributed by atoms with Gasteiger partial charge in [-0.2, -0.15) is 0 Å². The minimum Gasteiger partial charge on any atom is -0.324 e. The molecule has 0 radical (unpaired) electrons. The van der Waals surface area contributed by atoms with Crippen LogP contribution < -0.4 is 5.32 Å². The molecule has 1 aliphatic heterocycles. The molecule has 1 aliphatic rings. The highest BCUT2D eigenvalue weighted by Gasteiger charge is 2.27. The number of hydrogen-bond acceptors (Lipinski definition) is 5. The first-order valence-electron chi connectivity index (χ1n) is 8.57. The summed E-state index contributed by atoms with van der Waals surface area (Å²) in [7, 11) is 2.14. The predicted octanol–water partition coefficient (Wildman–Crippen LogP) is 3.14. The van der Waals surface area contributed by atoms with Gasteiger partial charge in [0, 0.05) is 37.3 Å². The number of rotatable bonds is 5. The lowest BCUT2D eigenvalue weighted by atomic mass is 10.1. The Balaban J connectivity index is 1.47. The number of likely N-dealkylation sites (tertiary alicyclic amines) is 1. The minimum atomic E-state index is -0.0557. The number of urea groups is 1. The Hall–Kier alpha value is -1.99. The second-order valence-electron chi connectivity index (χ2n) is 6.81. The number of hydrogen-bond donors (Lipinski definition) is 1. The fourth-order valence-corrected chi connectivity index (χ4v) is 3.98. The third-order valence-corrected chi connectivity index (χ3v) is 5.47. The molecule has 0 bridgehead atoms. The number of nitrogens with zero attached hydrogens (tertiary/aromatic N) is 4. The van der Waals surface area contributed by atoms with Crippen LogP contribution in [-0.4, -0.2) is 52.5 Å². The summed E-state index contributed by atoms with van der Waals surface area (Å²) >= 11 is 1.71. The van der Waals surface area contributed by atoms with Gasteiger partial charge in [-0.05, 0) is 44.9 Å². The number of aryl methyl sites for hydroxylation is 2. The molecule has 1 N–H and O–H groups in total. The summed E-state index contributed by atoms with van der Waals surface area (Å²) in [5.74, 6) is 1.12. The molecule has 134 valence electrons. The van der Waals surface area contributed by atoms with Crippen LogP contribution >= 0.6 is 11.3 Å². The summed E-state index contributed by atoms with van der Waals surface area (Å²) in [6.07, 6.45) is 2.81. The maximum atomic E-state index is 12.4. The maximum Gasteiger partial charge on any atom is 0.323 e. The van der Waals surface area contributed by atoms with Crippen molar-refractivity contribution in [2.24, 2.45) is 5.92 Å². The fourth-order valence-electron chi connectivity index (χ4n) is 3.12. The highest BCUT2D eigenvalue weighted by molar-refractivity contribution is 7.09. The highest BCUT2D eigenvalue weighted by Crippen LogP contribution is 2.20. The van der Waals surface area contributed by atoms with Crippen molar-refractivity contribution >= 4 is 23.2 Å². The number of carbonyl (C=O) groups excluding carboxylic acids is 1. The van der Waals surface area contributed by atoms with Crippen LogP contribution in [0.4, 0.5) is 10.6 Å². The lowest BCUT2D eigenvalue weighted by molar-refractivity contribution is 0.217. The van der Waals surface area contributed by atoms with E-state index in [2.05, 4.69) is 34.2 Å². The van der Waals surface area contributed by atoms with Gasteiger partial charge in [0.2, 0.25) is 0 Å². The second kappa shape index (κ2) is 7.93. The van der Waals surface area contributed by atoms with Crippen molar-refractivity contribution in [1.29, 1.82) is 0 Å². The first-order chi connectivity index (χ1) is 12.0. The number of anilines is 1. The summed E-state index contributed by atoms with van der Waals surface area (Å²) in [6.45, 7) is 7.55. The van der Waals surface area contributed by atoms with Crippen LogP contribution in [0.25, 0.3) is 0 Å². The molecular weight excluding hydrogens is 334 g/mol. The highest BCUT2D eigenvalue weighted by atomic mass is 32.1. The van der Waals surface area contributed by atoms with Gasteiger partial charge in [-0.15, -0.1) is 11.3 Å². The Labute approximate surface area is 152 Å². The third kappa shape index (κ3) is 4.76. The third-order valence-electron chi connectivity index (χ3n) is 4.55. The number of nitrogens with one attached hydrogen (secondary N) is 1. The summed E-state index contributed by atoms with van der Waals surface area (Å²) in [5.41, 5.74) is 4.10. The molecule has 2 aromatic heterocycles. The summed E-state index contributed by atoms with van der Waals surface area (Å²) < 4.78 is 0. The molecule has 1 fully saturated rings. The number of thiazole rings is 1. The first-order valence-corrected chi connectivity index (χ1v) is 9.45. The lowest BCUT2D eigenvalue weighted by Crippen LogP contribution is -2.34. The molecule has 0 saturated carbocycles. The largest absolute Gasteiger partial charge is 0.324 e. The second-order valence-corrected chi connectivity index (χ2v) is 7.75. The van der Waals surface area contributed by atoms with E-state index in [1.165, 1.54) is 4.88 Å². The quantitative estimate of drug-likeness (QED) is 0.891. The number of aromatic nitrogens is 2. The van der Waals surface area contributed by atoms with E-state index in [9.17, 15) is 4.79 Å². The minimum absolute atomic E-state index is 0.0557. The topological polar surface area (TPSA) is 61.4 Å². The summed E-state index contributed by atoms with van der Waals surface area (Å²) in [4.78, 5) is 26.5. The molecule has 2 amide bonds. The zero-order valence-corrected chi connectivity index (χ0v) is 15.8. The molecule has 3 rings (SSSR count).